The van der Waals surface area contributed by atoms with E-state index in [0.717, 1.165) is 31.0 Å². The molecule has 1 saturated heterocycles. The second kappa shape index (κ2) is 8.75. The SMILES string of the molecule is CN=C(NCc1cccc(S(N)(=O)=O)c1)N1CCC(c2ccccc2)C(C)C1. The number of likely N-dealkylation sites (tertiary alicyclic amines) is 1. The molecule has 1 heterocycles. The van der Waals surface area contributed by atoms with E-state index in [1.54, 1.807) is 19.2 Å². The van der Waals surface area contributed by atoms with Crippen molar-refractivity contribution in [2.24, 2.45) is 16.0 Å². The minimum Gasteiger partial charge on any atom is -0.352 e. The van der Waals surface area contributed by atoms with Crippen molar-refractivity contribution in [3.63, 3.8) is 0 Å². The van der Waals surface area contributed by atoms with Crippen molar-refractivity contribution >= 4 is 16.0 Å². The van der Waals surface area contributed by atoms with Crippen molar-refractivity contribution in [3.05, 3.63) is 65.7 Å². The maximum Gasteiger partial charge on any atom is 0.238 e. The average molecular weight is 401 g/mol. The van der Waals surface area contributed by atoms with Crippen molar-refractivity contribution in [1.29, 1.82) is 0 Å². The highest BCUT2D eigenvalue weighted by atomic mass is 32.2. The summed E-state index contributed by atoms with van der Waals surface area (Å²) in [5.74, 6) is 1.90. The summed E-state index contributed by atoms with van der Waals surface area (Å²) in [4.78, 5) is 6.81. The van der Waals surface area contributed by atoms with Gasteiger partial charge in [-0.25, -0.2) is 13.6 Å². The first-order valence-corrected chi connectivity index (χ1v) is 11.1. The Labute approximate surface area is 167 Å². The molecule has 6 nitrogen and oxygen atoms in total. The van der Waals surface area contributed by atoms with Crippen molar-refractivity contribution in [3.8, 4) is 0 Å². The number of benzene rings is 2. The summed E-state index contributed by atoms with van der Waals surface area (Å²) < 4.78 is 23.1. The molecule has 0 amide bonds. The standard InChI is InChI=1S/C21H28N4O2S/c1-16-15-25(12-11-20(16)18-8-4-3-5-9-18)21(23-2)24-14-17-7-6-10-19(13-17)28(22,26)27/h3-10,13,16,20H,11-12,14-15H2,1-2H3,(H,23,24)(H2,22,26,27). The van der Waals surface area contributed by atoms with Crippen LogP contribution in [0.5, 0.6) is 0 Å². The second-order valence-corrected chi connectivity index (χ2v) is 8.88. The fourth-order valence-electron chi connectivity index (χ4n) is 3.88. The lowest BCUT2D eigenvalue weighted by Crippen LogP contribution is -2.47. The molecule has 0 aliphatic carbocycles. The molecule has 1 fully saturated rings. The lowest BCUT2D eigenvalue weighted by atomic mass is 9.82. The minimum atomic E-state index is -3.70. The van der Waals surface area contributed by atoms with Gasteiger partial charge in [-0.3, -0.25) is 4.99 Å². The van der Waals surface area contributed by atoms with E-state index in [1.165, 1.54) is 11.6 Å². The monoisotopic (exact) mass is 400 g/mol. The van der Waals surface area contributed by atoms with Gasteiger partial charge in [0.2, 0.25) is 10.0 Å². The maximum absolute atomic E-state index is 11.5. The summed E-state index contributed by atoms with van der Waals surface area (Å²) in [5.41, 5.74) is 2.25. The van der Waals surface area contributed by atoms with Crippen LogP contribution in [0.1, 0.15) is 30.4 Å². The van der Waals surface area contributed by atoms with Gasteiger partial charge in [0, 0.05) is 26.7 Å². The van der Waals surface area contributed by atoms with E-state index in [9.17, 15) is 8.42 Å². The maximum atomic E-state index is 11.5. The molecule has 0 saturated carbocycles. The number of nitrogens with zero attached hydrogens (tertiary/aromatic N) is 2. The van der Waals surface area contributed by atoms with Gasteiger partial charge >= 0.3 is 0 Å². The van der Waals surface area contributed by atoms with Crippen LogP contribution in [0.25, 0.3) is 0 Å². The third kappa shape index (κ3) is 4.91. The Morgan fingerprint density at radius 1 is 1.21 bits per heavy atom. The Balaban J connectivity index is 1.62. The summed E-state index contributed by atoms with van der Waals surface area (Å²) in [7, 11) is -1.92. The molecule has 0 radical (unpaired) electrons. The lowest BCUT2D eigenvalue weighted by Gasteiger charge is -2.39. The first-order valence-electron chi connectivity index (χ1n) is 9.51. The number of rotatable bonds is 4. The molecule has 1 aliphatic heterocycles. The van der Waals surface area contributed by atoms with Crippen LogP contribution in [-0.4, -0.2) is 39.4 Å². The zero-order chi connectivity index (χ0) is 20.1. The van der Waals surface area contributed by atoms with Crippen LogP contribution in [0.15, 0.2) is 64.5 Å². The lowest BCUT2D eigenvalue weighted by molar-refractivity contribution is 0.234. The number of primary sulfonamides is 1. The molecule has 0 aromatic heterocycles. The highest BCUT2D eigenvalue weighted by Gasteiger charge is 2.28. The zero-order valence-electron chi connectivity index (χ0n) is 16.4. The third-order valence-corrected chi connectivity index (χ3v) is 6.23. The van der Waals surface area contributed by atoms with Crippen LogP contribution in [0, 0.1) is 5.92 Å². The number of hydrogen-bond donors (Lipinski definition) is 2. The number of aliphatic imine (C=N–C) groups is 1. The van der Waals surface area contributed by atoms with Gasteiger partial charge in [0.25, 0.3) is 0 Å². The predicted molar refractivity (Wildman–Crippen MR) is 113 cm³/mol. The van der Waals surface area contributed by atoms with Crippen molar-refractivity contribution in [2.45, 2.75) is 30.7 Å². The van der Waals surface area contributed by atoms with Crippen LogP contribution in [0.2, 0.25) is 0 Å². The topological polar surface area (TPSA) is 87.8 Å². The molecule has 1 aliphatic rings. The normalized spacial score (nSPS) is 20.8. The average Bonchev–Trinajstić information content (AvgIpc) is 2.69. The van der Waals surface area contributed by atoms with Crippen LogP contribution >= 0.6 is 0 Å². The van der Waals surface area contributed by atoms with Crippen LogP contribution in [0.3, 0.4) is 0 Å². The molecular weight excluding hydrogens is 372 g/mol. The molecule has 150 valence electrons. The molecule has 2 aromatic rings. The second-order valence-electron chi connectivity index (χ2n) is 7.32. The first kappa shape index (κ1) is 20.4. The van der Waals surface area contributed by atoms with E-state index in [-0.39, 0.29) is 4.90 Å². The number of hydrogen-bond acceptors (Lipinski definition) is 3. The van der Waals surface area contributed by atoms with Crippen molar-refractivity contribution < 1.29 is 8.42 Å². The molecule has 0 bridgehead atoms. The number of piperidine rings is 1. The van der Waals surface area contributed by atoms with Gasteiger partial charge in [-0.15, -0.1) is 0 Å². The quantitative estimate of drug-likeness (QED) is 0.610. The summed E-state index contributed by atoms with van der Waals surface area (Å²) in [6.07, 6.45) is 1.08. The van der Waals surface area contributed by atoms with Gasteiger partial charge in [0.15, 0.2) is 5.96 Å². The van der Waals surface area contributed by atoms with Gasteiger partial charge < -0.3 is 10.2 Å². The van der Waals surface area contributed by atoms with Gasteiger partial charge in [0.1, 0.15) is 0 Å². The fourth-order valence-corrected chi connectivity index (χ4v) is 4.46. The van der Waals surface area contributed by atoms with Gasteiger partial charge in [-0.2, -0.15) is 0 Å². The summed E-state index contributed by atoms with van der Waals surface area (Å²) in [6, 6.07) is 17.4. The molecule has 28 heavy (non-hydrogen) atoms. The Morgan fingerprint density at radius 3 is 2.61 bits per heavy atom. The molecule has 2 unspecified atom stereocenters. The van der Waals surface area contributed by atoms with E-state index >= 15 is 0 Å². The molecular formula is C21H28N4O2S. The number of guanidine groups is 1. The van der Waals surface area contributed by atoms with Crippen molar-refractivity contribution in [1.82, 2.24) is 10.2 Å². The Kier molecular flexibility index (Phi) is 6.36. The largest absolute Gasteiger partial charge is 0.352 e. The predicted octanol–water partition coefficient (Wildman–Crippen LogP) is 2.54. The van der Waals surface area contributed by atoms with Gasteiger partial charge in [-0.05, 0) is 41.5 Å². The molecule has 3 N–H and O–H groups in total. The summed E-state index contributed by atoms with van der Waals surface area (Å²) in [5, 5.41) is 8.57. The number of sulfonamides is 1. The summed E-state index contributed by atoms with van der Waals surface area (Å²) >= 11 is 0. The summed E-state index contributed by atoms with van der Waals surface area (Å²) in [6.45, 7) is 4.63. The first-order chi connectivity index (χ1) is 13.4. The van der Waals surface area contributed by atoms with E-state index in [0.29, 0.717) is 18.4 Å². The molecule has 0 spiro atoms. The molecule has 7 heteroatoms. The van der Waals surface area contributed by atoms with Crippen LogP contribution in [0.4, 0.5) is 0 Å². The number of nitrogens with two attached hydrogens (primary N) is 1. The van der Waals surface area contributed by atoms with Crippen LogP contribution in [-0.2, 0) is 16.6 Å². The highest BCUT2D eigenvalue weighted by molar-refractivity contribution is 7.89. The van der Waals surface area contributed by atoms with E-state index in [1.807, 2.05) is 6.07 Å². The number of nitrogens with one attached hydrogen (secondary N) is 1. The molecule has 3 rings (SSSR count). The van der Waals surface area contributed by atoms with Crippen molar-refractivity contribution in [2.75, 3.05) is 20.1 Å². The Morgan fingerprint density at radius 2 is 1.96 bits per heavy atom. The smallest absolute Gasteiger partial charge is 0.238 e. The zero-order valence-corrected chi connectivity index (χ0v) is 17.2. The van der Waals surface area contributed by atoms with E-state index in [2.05, 4.69) is 52.5 Å². The fraction of sp³-hybridized carbons (Fsp3) is 0.381. The van der Waals surface area contributed by atoms with Crippen LogP contribution < -0.4 is 10.5 Å². The minimum absolute atomic E-state index is 0.124. The Hall–Kier alpha value is -2.38. The van der Waals surface area contributed by atoms with Gasteiger partial charge in [-0.1, -0.05) is 49.4 Å². The third-order valence-electron chi connectivity index (χ3n) is 5.32. The molecule has 2 atom stereocenters. The Bertz CT molecular complexity index is 928. The van der Waals surface area contributed by atoms with E-state index in [4.69, 9.17) is 5.14 Å². The van der Waals surface area contributed by atoms with E-state index < -0.39 is 10.0 Å². The van der Waals surface area contributed by atoms with Gasteiger partial charge in [0.05, 0.1) is 4.90 Å². The molecule has 2 aromatic carbocycles. The highest BCUT2D eigenvalue weighted by Crippen LogP contribution is 2.32.